The number of hydrogen-bond donors (Lipinski definition) is 1. The fraction of sp³-hybridized carbons (Fsp3) is 0.0769. The first-order valence-electron chi connectivity index (χ1n) is 5.74. The molecule has 2 heterocycles. The van der Waals surface area contributed by atoms with Crippen LogP contribution in [0.15, 0.2) is 34.9 Å². The van der Waals surface area contributed by atoms with Crippen LogP contribution in [-0.2, 0) is 6.18 Å². The lowest BCUT2D eigenvalue weighted by atomic mass is 10.2. The van der Waals surface area contributed by atoms with Crippen molar-refractivity contribution in [1.29, 1.82) is 0 Å². The Hall–Kier alpha value is -2.64. The zero-order valence-corrected chi connectivity index (χ0v) is 10.3. The summed E-state index contributed by atoms with van der Waals surface area (Å²) >= 11 is 0. The largest absolute Gasteiger partial charge is 0.436 e. The van der Waals surface area contributed by atoms with E-state index in [4.69, 9.17) is 10.2 Å². The Morgan fingerprint density at radius 3 is 2.62 bits per heavy atom. The van der Waals surface area contributed by atoms with E-state index in [0.717, 1.165) is 18.2 Å². The Kier molecular flexibility index (Phi) is 2.82. The minimum absolute atomic E-state index is 0.0959. The maximum Gasteiger partial charge on any atom is 0.417 e. The average molecular weight is 297 g/mol. The van der Waals surface area contributed by atoms with Crippen molar-refractivity contribution in [3.05, 3.63) is 41.8 Å². The van der Waals surface area contributed by atoms with Crippen molar-refractivity contribution in [3.63, 3.8) is 0 Å². The van der Waals surface area contributed by atoms with E-state index in [1.807, 2.05) is 0 Å². The summed E-state index contributed by atoms with van der Waals surface area (Å²) in [6.07, 6.45) is -3.94. The highest BCUT2D eigenvalue weighted by molar-refractivity contribution is 5.78. The van der Waals surface area contributed by atoms with Gasteiger partial charge < -0.3 is 10.2 Å². The van der Waals surface area contributed by atoms with Gasteiger partial charge in [-0.2, -0.15) is 13.2 Å². The van der Waals surface area contributed by atoms with Crippen LogP contribution in [-0.4, -0.2) is 9.97 Å². The fourth-order valence-electron chi connectivity index (χ4n) is 1.82. The number of alkyl halides is 3. The van der Waals surface area contributed by atoms with Crippen LogP contribution in [0.5, 0.6) is 0 Å². The summed E-state index contributed by atoms with van der Waals surface area (Å²) in [4.78, 5) is 7.43. The minimum Gasteiger partial charge on any atom is -0.436 e. The number of pyridine rings is 1. The molecule has 0 unspecified atom stereocenters. The van der Waals surface area contributed by atoms with Crippen molar-refractivity contribution < 1.29 is 22.0 Å². The summed E-state index contributed by atoms with van der Waals surface area (Å²) in [6, 6.07) is 4.40. The number of anilines is 1. The molecule has 3 rings (SSSR count). The Bertz CT molecular complexity index is 826. The first-order valence-corrected chi connectivity index (χ1v) is 5.74. The molecule has 0 aliphatic carbocycles. The van der Waals surface area contributed by atoms with Crippen LogP contribution < -0.4 is 5.73 Å². The number of nitrogen functional groups attached to an aromatic ring is 1. The molecule has 0 amide bonds. The third-order valence-electron chi connectivity index (χ3n) is 2.83. The summed E-state index contributed by atoms with van der Waals surface area (Å²) in [5, 5.41) is 0. The van der Waals surface area contributed by atoms with Gasteiger partial charge in [0.25, 0.3) is 0 Å². The first kappa shape index (κ1) is 13.3. The Labute approximate surface area is 115 Å². The van der Waals surface area contributed by atoms with Gasteiger partial charge in [0.2, 0.25) is 5.89 Å². The van der Waals surface area contributed by atoms with Crippen molar-refractivity contribution in [2.75, 3.05) is 5.73 Å². The standard InChI is InChI=1S/C13H7F4N3O/c14-7-1-2-10-9(4-7)20-12(21-10)8-3-6(13(15,16)17)5-19-11(8)18/h1-5H,(H2,18,19). The number of rotatable bonds is 1. The van der Waals surface area contributed by atoms with Gasteiger partial charge in [0.15, 0.2) is 5.58 Å². The number of hydrogen-bond acceptors (Lipinski definition) is 4. The zero-order valence-electron chi connectivity index (χ0n) is 10.3. The molecule has 0 atom stereocenters. The number of benzene rings is 1. The van der Waals surface area contributed by atoms with Gasteiger partial charge in [-0.25, -0.2) is 14.4 Å². The van der Waals surface area contributed by atoms with Crippen LogP contribution in [0, 0.1) is 5.82 Å². The quantitative estimate of drug-likeness (QED) is 0.697. The normalized spacial score (nSPS) is 12.0. The van der Waals surface area contributed by atoms with Crippen LogP contribution in [0.4, 0.5) is 23.4 Å². The second-order valence-electron chi connectivity index (χ2n) is 4.29. The van der Waals surface area contributed by atoms with Crippen LogP contribution in [0.1, 0.15) is 5.56 Å². The lowest BCUT2D eigenvalue weighted by Gasteiger charge is -2.08. The molecule has 21 heavy (non-hydrogen) atoms. The highest BCUT2D eigenvalue weighted by Crippen LogP contribution is 2.34. The lowest BCUT2D eigenvalue weighted by molar-refractivity contribution is -0.137. The maximum atomic E-state index is 13.1. The highest BCUT2D eigenvalue weighted by Gasteiger charge is 2.32. The smallest absolute Gasteiger partial charge is 0.417 e. The van der Waals surface area contributed by atoms with Crippen LogP contribution in [0.2, 0.25) is 0 Å². The Morgan fingerprint density at radius 2 is 1.90 bits per heavy atom. The summed E-state index contributed by atoms with van der Waals surface area (Å²) in [7, 11) is 0. The Morgan fingerprint density at radius 1 is 1.14 bits per heavy atom. The molecule has 0 spiro atoms. The molecule has 0 saturated heterocycles. The predicted molar refractivity (Wildman–Crippen MR) is 66.6 cm³/mol. The third kappa shape index (κ3) is 2.39. The summed E-state index contributed by atoms with van der Waals surface area (Å²) < 4.78 is 56.4. The summed E-state index contributed by atoms with van der Waals surface area (Å²) in [5.41, 5.74) is 4.92. The topological polar surface area (TPSA) is 64.9 Å². The van der Waals surface area contributed by atoms with Crippen LogP contribution in [0.25, 0.3) is 22.6 Å². The van der Waals surface area contributed by atoms with Gasteiger partial charge in [0.1, 0.15) is 17.2 Å². The monoisotopic (exact) mass is 297 g/mol. The highest BCUT2D eigenvalue weighted by atomic mass is 19.4. The van der Waals surface area contributed by atoms with Gasteiger partial charge >= 0.3 is 6.18 Å². The van der Waals surface area contributed by atoms with E-state index in [9.17, 15) is 17.6 Å². The van der Waals surface area contributed by atoms with Crippen molar-refractivity contribution in [2.45, 2.75) is 6.18 Å². The zero-order chi connectivity index (χ0) is 15.2. The molecule has 1 aromatic carbocycles. The second-order valence-corrected chi connectivity index (χ2v) is 4.29. The molecular formula is C13H7F4N3O. The van der Waals surface area contributed by atoms with Gasteiger partial charge in [-0.15, -0.1) is 0 Å². The Balaban J connectivity index is 2.17. The van der Waals surface area contributed by atoms with E-state index in [2.05, 4.69) is 9.97 Å². The summed E-state index contributed by atoms with van der Waals surface area (Å²) in [6.45, 7) is 0. The molecule has 0 fully saturated rings. The first-order chi connectivity index (χ1) is 9.84. The molecule has 3 aromatic rings. The number of nitrogens with two attached hydrogens (primary N) is 1. The molecule has 8 heteroatoms. The maximum absolute atomic E-state index is 13.1. The van der Waals surface area contributed by atoms with Gasteiger partial charge in [-0.05, 0) is 18.2 Å². The molecule has 4 nitrogen and oxygen atoms in total. The molecule has 0 saturated carbocycles. The van der Waals surface area contributed by atoms with Gasteiger partial charge in [-0.1, -0.05) is 0 Å². The van der Waals surface area contributed by atoms with Crippen molar-refractivity contribution in [1.82, 2.24) is 9.97 Å². The van der Waals surface area contributed by atoms with E-state index < -0.39 is 17.6 Å². The molecule has 108 valence electrons. The van der Waals surface area contributed by atoms with E-state index in [1.54, 1.807) is 0 Å². The SMILES string of the molecule is Nc1ncc(C(F)(F)F)cc1-c1nc2cc(F)ccc2o1. The second kappa shape index (κ2) is 4.44. The summed E-state index contributed by atoms with van der Waals surface area (Å²) in [5.74, 6) is -0.834. The van der Waals surface area contributed by atoms with Crippen molar-refractivity contribution in [2.24, 2.45) is 0 Å². The number of aromatic nitrogens is 2. The number of halogens is 4. The molecule has 0 aliphatic rings. The minimum atomic E-state index is -4.56. The van der Waals surface area contributed by atoms with Crippen molar-refractivity contribution in [3.8, 4) is 11.5 Å². The fourth-order valence-corrected chi connectivity index (χ4v) is 1.82. The molecule has 0 aliphatic heterocycles. The molecular weight excluding hydrogens is 290 g/mol. The van der Waals surface area contributed by atoms with Gasteiger partial charge in [-0.3, -0.25) is 0 Å². The number of fused-ring (bicyclic) bond motifs is 1. The van der Waals surface area contributed by atoms with Crippen molar-refractivity contribution >= 4 is 16.9 Å². The van der Waals surface area contributed by atoms with E-state index >= 15 is 0 Å². The van der Waals surface area contributed by atoms with E-state index in [-0.39, 0.29) is 28.4 Å². The number of oxazole rings is 1. The van der Waals surface area contributed by atoms with E-state index in [0.29, 0.717) is 6.20 Å². The molecule has 2 aromatic heterocycles. The third-order valence-corrected chi connectivity index (χ3v) is 2.83. The van der Waals surface area contributed by atoms with Gasteiger partial charge in [0.05, 0.1) is 11.1 Å². The van der Waals surface area contributed by atoms with Gasteiger partial charge in [0, 0.05) is 12.3 Å². The molecule has 2 N–H and O–H groups in total. The predicted octanol–water partition coefficient (Wildman–Crippen LogP) is 3.63. The van der Waals surface area contributed by atoms with E-state index in [1.165, 1.54) is 6.07 Å². The van der Waals surface area contributed by atoms with Crippen LogP contribution >= 0.6 is 0 Å². The average Bonchev–Trinajstić information content (AvgIpc) is 2.80. The number of nitrogens with zero attached hydrogens (tertiary/aromatic N) is 2. The molecule has 0 bridgehead atoms. The lowest BCUT2D eigenvalue weighted by Crippen LogP contribution is -2.07. The molecule has 0 radical (unpaired) electrons. The van der Waals surface area contributed by atoms with Crippen LogP contribution in [0.3, 0.4) is 0 Å².